The van der Waals surface area contributed by atoms with E-state index < -0.39 is 6.10 Å². The minimum absolute atomic E-state index is 0.269. The number of hydrogen-bond donors (Lipinski definition) is 1. The predicted octanol–water partition coefficient (Wildman–Crippen LogP) is 5.50. The molecule has 0 saturated carbocycles. The molecular weight excluding hydrogens is 452 g/mol. The van der Waals surface area contributed by atoms with Crippen LogP contribution in [0.15, 0.2) is 48.5 Å². The Balaban J connectivity index is 1.89. The number of rotatable bonds is 13. The molecule has 1 heterocycles. The highest BCUT2D eigenvalue weighted by Crippen LogP contribution is 2.32. The van der Waals surface area contributed by atoms with Gasteiger partial charge in [-0.1, -0.05) is 20.8 Å². The van der Waals surface area contributed by atoms with Crippen molar-refractivity contribution >= 4 is 0 Å². The minimum Gasteiger partial charge on any atom is -0.439 e. The fraction of sp³-hybridized carbons (Fsp3) is 0.444. The molecule has 3 rings (SSSR count). The number of nitrogens with zero attached hydrogens (tertiary/aromatic N) is 3. The Hall–Kier alpha value is -2.81. The van der Waals surface area contributed by atoms with Gasteiger partial charge in [0.05, 0.1) is 29.7 Å². The highest BCUT2D eigenvalue weighted by molar-refractivity contribution is 5.43. The van der Waals surface area contributed by atoms with Gasteiger partial charge in [0.1, 0.15) is 17.4 Å². The molecular formula is C27H35F2N3O3. The zero-order chi connectivity index (χ0) is 25.4. The second-order valence-corrected chi connectivity index (χ2v) is 9.13. The maximum Gasteiger partial charge on any atom is 0.227 e. The highest BCUT2D eigenvalue weighted by Gasteiger charge is 2.22. The van der Waals surface area contributed by atoms with Gasteiger partial charge >= 0.3 is 0 Å². The lowest BCUT2D eigenvalue weighted by molar-refractivity contribution is 0.00681. The molecule has 0 aliphatic heterocycles. The van der Waals surface area contributed by atoms with E-state index in [9.17, 15) is 13.9 Å². The fourth-order valence-corrected chi connectivity index (χ4v) is 3.76. The molecule has 1 N–H and O–H groups in total. The first kappa shape index (κ1) is 26.8. The number of ether oxygens (including phenoxy) is 2. The lowest BCUT2D eigenvalue weighted by Gasteiger charge is -2.25. The smallest absolute Gasteiger partial charge is 0.227 e. The van der Waals surface area contributed by atoms with E-state index in [1.54, 1.807) is 28.9 Å². The van der Waals surface area contributed by atoms with Crippen LogP contribution in [0.25, 0.3) is 5.69 Å². The molecule has 190 valence electrons. The molecule has 1 aromatic heterocycles. The summed E-state index contributed by atoms with van der Waals surface area (Å²) < 4.78 is 40.4. The van der Waals surface area contributed by atoms with E-state index in [0.717, 1.165) is 24.2 Å². The summed E-state index contributed by atoms with van der Waals surface area (Å²) in [7, 11) is 0. The number of halogens is 2. The normalized spacial score (nSPS) is 12.5. The van der Waals surface area contributed by atoms with Crippen molar-refractivity contribution in [3.8, 4) is 17.3 Å². The largest absolute Gasteiger partial charge is 0.439 e. The van der Waals surface area contributed by atoms with Crippen LogP contribution in [0.5, 0.6) is 11.6 Å². The lowest BCUT2D eigenvalue weighted by Crippen LogP contribution is -2.35. The number of aliphatic hydroxyl groups excluding tert-OH is 1. The second kappa shape index (κ2) is 12.8. The van der Waals surface area contributed by atoms with Gasteiger partial charge in [-0.05, 0) is 74.3 Å². The summed E-state index contributed by atoms with van der Waals surface area (Å²) in [5.74, 6) is 0.623. The molecule has 0 bridgehead atoms. The van der Waals surface area contributed by atoms with E-state index in [4.69, 9.17) is 9.47 Å². The summed E-state index contributed by atoms with van der Waals surface area (Å²) in [4.78, 5) is 2.14. The average molecular weight is 488 g/mol. The van der Waals surface area contributed by atoms with Crippen molar-refractivity contribution in [2.24, 2.45) is 5.92 Å². The number of aryl methyl sites for hydroxylation is 1. The van der Waals surface area contributed by atoms with Crippen molar-refractivity contribution in [2.45, 2.75) is 46.8 Å². The van der Waals surface area contributed by atoms with Gasteiger partial charge in [0.25, 0.3) is 0 Å². The van der Waals surface area contributed by atoms with Gasteiger partial charge in [-0.15, -0.1) is 0 Å². The molecule has 0 spiro atoms. The summed E-state index contributed by atoms with van der Waals surface area (Å²) in [6.07, 6.45) is 0.271. The van der Waals surface area contributed by atoms with E-state index in [2.05, 4.69) is 30.8 Å². The van der Waals surface area contributed by atoms with Crippen LogP contribution in [0.2, 0.25) is 0 Å². The Kier molecular flexibility index (Phi) is 9.77. The summed E-state index contributed by atoms with van der Waals surface area (Å²) in [6.45, 7) is 10.7. The van der Waals surface area contributed by atoms with Crippen LogP contribution in [-0.2, 0) is 11.3 Å². The SMILES string of the molecule is CCCN(Cc1c(C)nn(-c2ccc(F)cc2)c1Oc1ccc(F)cc1)CC(O)COCC(C)C. The molecule has 6 nitrogen and oxygen atoms in total. The quantitative estimate of drug-likeness (QED) is 0.345. The monoisotopic (exact) mass is 487 g/mol. The number of benzene rings is 2. The highest BCUT2D eigenvalue weighted by atomic mass is 19.1. The van der Waals surface area contributed by atoms with Gasteiger partial charge in [0, 0.05) is 19.7 Å². The van der Waals surface area contributed by atoms with Crippen LogP contribution >= 0.6 is 0 Å². The van der Waals surface area contributed by atoms with E-state index in [1.165, 1.54) is 24.3 Å². The molecule has 0 radical (unpaired) electrons. The van der Waals surface area contributed by atoms with Crippen molar-refractivity contribution in [1.82, 2.24) is 14.7 Å². The Morgan fingerprint density at radius 3 is 2.23 bits per heavy atom. The minimum atomic E-state index is -0.630. The third-order valence-electron chi connectivity index (χ3n) is 5.39. The molecule has 1 unspecified atom stereocenters. The Labute approximate surface area is 206 Å². The molecule has 2 aromatic carbocycles. The molecule has 8 heteroatoms. The van der Waals surface area contributed by atoms with Crippen molar-refractivity contribution in [3.63, 3.8) is 0 Å². The average Bonchev–Trinajstić information content (AvgIpc) is 3.10. The molecule has 0 fully saturated rings. The molecule has 0 saturated heterocycles. The zero-order valence-electron chi connectivity index (χ0n) is 20.9. The number of hydrogen-bond acceptors (Lipinski definition) is 5. The second-order valence-electron chi connectivity index (χ2n) is 9.13. The fourth-order valence-electron chi connectivity index (χ4n) is 3.76. The molecule has 0 aliphatic carbocycles. The van der Waals surface area contributed by atoms with Crippen molar-refractivity contribution in [3.05, 3.63) is 71.4 Å². The van der Waals surface area contributed by atoms with Crippen molar-refractivity contribution in [2.75, 3.05) is 26.3 Å². The van der Waals surface area contributed by atoms with Crippen molar-refractivity contribution in [1.29, 1.82) is 0 Å². The topological polar surface area (TPSA) is 59.8 Å². The third-order valence-corrected chi connectivity index (χ3v) is 5.39. The maximum absolute atomic E-state index is 13.5. The van der Waals surface area contributed by atoms with Crippen LogP contribution in [0, 0.1) is 24.5 Å². The van der Waals surface area contributed by atoms with E-state index in [0.29, 0.717) is 42.9 Å². The van der Waals surface area contributed by atoms with Gasteiger partial charge in [-0.25, -0.2) is 13.5 Å². The van der Waals surface area contributed by atoms with E-state index in [1.807, 2.05) is 6.92 Å². The summed E-state index contributed by atoms with van der Waals surface area (Å²) in [6, 6.07) is 11.8. The van der Waals surface area contributed by atoms with E-state index in [-0.39, 0.29) is 18.2 Å². The Morgan fingerprint density at radius 2 is 1.63 bits per heavy atom. The van der Waals surface area contributed by atoms with Crippen LogP contribution in [-0.4, -0.2) is 52.2 Å². The summed E-state index contributed by atoms with van der Waals surface area (Å²) in [5.41, 5.74) is 2.22. The zero-order valence-corrected chi connectivity index (χ0v) is 20.9. The van der Waals surface area contributed by atoms with Crippen LogP contribution < -0.4 is 4.74 Å². The molecule has 0 amide bonds. The van der Waals surface area contributed by atoms with Crippen LogP contribution in [0.4, 0.5) is 8.78 Å². The third kappa shape index (κ3) is 7.85. The predicted molar refractivity (Wildman–Crippen MR) is 132 cm³/mol. The van der Waals surface area contributed by atoms with Crippen LogP contribution in [0.1, 0.15) is 38.4 Å². The molecule has 1 atom stereocenters. The van der Waals surface area contributed by atoms with Gasteiger partial charge in [0.2, 0.25) is 5.88 Å². The molecule has 35 heavy (non-hydrogen) atoms. The Morgan fingerprint density at radius 1 is 1.00 bits per heavy atom. The summed E-state index contributed by atoms with van der Waals surface area (Å²) >= 11 is 0. The first-order valence-electron chi connectivity index (χ1n) is 12.0. The lowest BCUT2D eigenvalue weighted by atomic mass is 10.2. The molecule has 3 aromatic rings. The number of aliphatic hydroxyl groups is 1. The van der Waals surface area contributed by atoms with Crippen LogP contribution in [0.3, 0.4) is 0 Å². The first-order chi connectivity index (χ1) is 16.8. The van der Waals surface area contributed by atoms with E-state index >= 15 is 0 Å². The van der Waals surface area contributed by atoms with Gasteiger partial charge in [-0.3, -0.25) is 4.90 Å². The standard InChI is InChI=1S/C27H35F2N3O3/c1-5-14-31(15-24(33)18-34-17-19(2)3)16-26-20(4)30-32(23-10-6-21(28)7-11-23)27(26)35-25-12-8-22(29)9-13-25/h6-13,19,24,33H,5,14-18H2,1-4H3. The van der Waals surface area contributed by atoms with Crippen molar-refractivity contribution < 1.29 is 23.4 Å². The first-order valence-corrected chi connectivity index (χ1v) is 12.0. The maximum atomic E-state index is 13.5. The summed E-state index contributed by atoms with van der Waals surface area (Å²) in [5, 5.41) is 15.2. The van der Waals surface area contributed by atoms with Gasteiger partial charge in [-0.2, -0.15) is 5.10 Å². The molecule has 0 aliphatic rings. The van der Waals surface area contributed by atoms with Gasteiger partial charge < -0.3 is 14.6 Å². The Bertz CT molecular complexity index is 1050. The van der Waals surface area contributed by atoms with Gasteiger partial charge in [0.15, 0.2) is 0 Å². The number of aromatic nitrogens is 2.